The Morgan fingerprint density at radius 3 is 2.64 bits per heavy atom. The fraction of sp³-hybridized carbons (Fsp3) is 0.143. The van der Waals surface area contributed by atoms with Gasteiger partial charge in [-0.1, -0.05) is 6.07 Å². The Balaban J connectivity index is 2.09. The van der Waals surface area contributed by atoms with Crippen LogP contribution in [0.5, 0.6) is 0 Å². The molecule has 22 heavy (non-hydrogen) atoms. The fourth-order valence-electron chi connectivity index (χ4n) is 1.86. The molecule has 1 heterocycles. The van der Waals surface area contributed by atoms with E-state index < -0.39 is 17.7 Å². The van der Waals surface area contributed by atoms with Crippen LogP contribution in [0.3, 0.4) is 0 Å². The van der Waals surface area contributed by atoms with Crippen molar-refractivity contribution in [2.75, 3.05) is 13.1 Å². The minimum Gasteiger partial charge on any atom is -0.368 e. The molecule has 0 atom stereocenters. The van der Waals surface area contributed by atoms with E-state index in [1.54, 1.807) is 30.5 Å². The molecule has 8 heteroatoms. The van der Waals surface area contributed by atoms with Crippen molar-refractivity contribution in [3.63, 3.8) is 0 Å². The second-order valence-electron chi connectivity index (χ2n) is 4.46. The van der Waals surface area contributed by atoms with Gasteiger partial charge in [0.05, 0.1) is 18.6 Å². The maximum Gasteiger partial charge on any atom is 0.252 e. The molecule has 0 bridgehead atoms. The van der Waals surface area contributed by atoms with Gasteiger partial charge in [0.1, 0.15) is 0 Å². The van der Waals surface area contributed by atoms with E-state index in [-0.39, 0.29) is 13.1 Å². The highest BCUT2D eigenvalue weighted by atomic mass is 32.1. The average Bonchev–Trinajstić information content (AvgIpc) is 2.51. The number of amides is 3. The van der Waals surface area contributed by atoms with Gasteiger partial charge in [0, 0.05) is 22.0 Å². The van der Waals surface area contributed by atoms with Crippen LogP contribution >= 0.6 is 12.6 Å². The molecule has 0 unspecified atom stereocenters. The summed E-state index contributed by atoms with van der Waals surface area (Å²) in [7, 11) is 0. The van der Waals surface area contributed by atoms with Crippen LogP contribution < -0.4 is 16.4 Å². The van der Waals surface area contributed by atoms with Crippen molar-refractivity contribution in [1.82, 2.24) is 15.6 Å². The second kappa shape index (κ2) is 6.90. The van der Waals surface area contributed by atoms with Crippen molar-refractivity contribution < 1.29 is 14.4 Å². The number of hydrogen-bond donors (Lipinski definition) is 4. The molecule has 114 valence electrons. The zero-order chi connectivity index (χ0) is 16.1. The average molecular weight is 318 g/mol. The molecule has 2 rings (SSSR count). The predicted octanol–water partition coefficient (Wildman–Crippen LogP) is -0.145. The number of pyridine rings is 1. The Morgan fingerprint density at radius 1 is 1.14 bits per heavy atom. The van der Waals surface area contributed by atoms with E-state index in [1.807, 2.05) is 0 Å². The SMILES string of the molecule is NC(=O)CNC(=O)CNC(=O)c1ccc(S)c2ncccc12. The van der Waals surface area contributed by atoms with Crippen LogP contribution in [0.15, 0.2) is 35.4 Å². The molecule has 3 amide bonds. The van der Waals surface area contributed by atoms with Gasteiger partial charge < -0.3 is 16.4 Å². The zero-order valence-electron chi connectivity index (χ0n) is 11.5. The Morgan fingerprint density at radius 2 is 1.91 bits per heavy atom. The number of primary amides is 1. The van der Waals surface area contributed by atoms with Crippen molar-refractivity contribution in [3.8, 4) is 0 Å². The molecule has 0 spiro atoms. The molecule has 0 saturated heterocycles. The van der Waals surface area contributed by atoms with Gasteiger partial charge in [0.15, 0.2) is 0 Å². The number of nitrogens with zero attached hydrogens (tertiary/aromatic N) is 1. The first-order valence-electron chi connectivity index (χ1n) is 6.39. The standard InChI is InChI=1S/C14H14N4O3S/c15-11(19)6-17-12(20)7-18-14(21)9-3-4-10(22)13-8(9)2-1-5-16-13/h1-5,22H,6-7H2,(H2,15,19)(H,17,20)(H,18,21). The topological polar surface area (TPSA) is 114 Å². The first kappa shape index (κ1) is 15.8. The summed E-state index contributed by atoms with van der Waals surface area (Å²) in [5.41, 5.74) is 5.91. The van der Waals surface area contributed by atoms with Crippen molar-refractivity contribution in [3.05, 3.63) is 36.0 Å². The largest absolute Gasteiger partial charge is 0.368 e. The van der Waals surface area contributed by atoms with E-state index in [1.165, 1.54) is 0 Å². The van der Waals surface area contributed by atoms with Crippen molar-refractivity contribution in [2.45, 2.75) is 4.90 Å². The molecule has 0 aliphatic carbocycles. The molecular weight excluding hydrogens is 304 g/mol. The van der Waals surface area contributed by atoms with Gasteiger partial charge in [0.25, 0.3) is 5.91 Å². The van der Waals surface area contributed by atoms with E-state index in [0.717, 1.165) is 0 Å². The smallest absolute Gasteiger partial charge is 0.252 e. The van der Waals surface area contributed by atoms with Gasteiger partial charge >= 0.3 is 0 Å². The maximum atomic E-state index is 12.2. The van der Waals surface area contributed by atoms with E-state index in [0.29, 0.717) is 21.4 Å². The van der Waals surface area contributed by atoms with Crippen LogP contribution in [0, 0.1) is 0 Å². The van der Waals surface area contributed by atoms with E-state index in [2.05, 4.69) is 28.2 Å². The summed E-state index contributed by atoms with van der Waals surface area (Å²) in [6, 6.07) is 6.75. The zero-order valence-corrected chi connectivity index (χ0v) is 12.4. The molecule has 0 radical (unpaired) electrons. The Bertz CT molecular complexity index is 748. The number of rotatable bonds is 5. The number of carbonyl (C=O) groups excluding carboxylic acids is 3. The second-order valence-corrected chi connectivity index (χ2v) is 4.94. The summed E-state index contributed by atoms with van der Waals surface area (Å²) in [4.78, 5) is 39.0. The van der Waals surface area contributed by atoms with Gasteiger partial charge in [-0.15, -0.1) is 12.6 Å². The molecule has 4 N–H and O–H groups in total. The minimum absolute atomic E-state index is 0.253. The van der Waals surface area contributed by atoms with Gasteiger partial charge in [-0.2, -0.15) is 0 Å². The quantitative estimate of drug-likeness (QED) is 0.574. The number of thiol groups is 1. The third-order valence-corrected chi connectivity index (χ3v) is 3.22. The lowest BCUT2D eigenvalue weighted by Crippen LogP contribution is -2.40. The summed E-state index contributed by atoms with van der Waals surface area (Å²) in [5, 5.41) is 5.40. The first-order valence-corrected chi connectivity index (χ1v) is 6.83. The number of fused-ring (bicyclic) bond motifs is 1. The summed E-state index contributed by atoms with van der Waals surface area (Å²) < 4.78 is 0. The summed E-state index contributed by atoms with van der Waals surface area (Å²) in [5.74, 6) is -1.57. The molecule has 1 aromatic heterocycles. The molecule has 7 nitrogen and oxygen atoms in total. The molecule has 2 aromatic rings. The highest BCUT2D eigenvalue weighted by molar-refractivity contribution is 7.80. The van der Waals surface area contributed by atoms with Crippen LogP contribution in [0.25, 0.3) is 10.9 Å². The van der Waals surface area contributed by atoms with E-state index in [4.69, 9.17) is 5.73 Å². The number of benzene rings is 1. The number of carbonyl (C=O) groups is 3. The molecule has 0 saturated carbocycles. The fourth-order valence-corrected chi connectivity index (χ4v) is 2.11. The number of hydrogen-bond acceptors (Lipinski definition) is 5. The van der Waals surface area contributed by atoms with Crippen LogP contribution in [-0.2, 0) is 9.59 Å². The van der Waals surface area contributed by atoms with Gasteiger partial charge in [-0.05, 0) is 18.2 Å². The third kappa shape index (κ3) is 3.73. The van der Waals surface area contributed by atoms with Crippen LogP contribution in [0.4, 0.5) is 0 Å². The summed E-state index contributed by atoms with van der Waals surface area (Å²) in [6.45, 7) is -0.521. The molecule has 0 aliphatic rings. The molecular formula is C14H14N4O3S. The first-order chi connectivity index (χ1) is 10.5. The number of aromatic nitrogens is 1. The Kier molecular flexibility index (Phi) is 4.95. The highest BCUT2D eigenvalue weighted by Crippen LogP contribution is 2.23. The molecule has 1 aromatic carbocycles. The summed E-state index contributed by atoms with van der Waals surface area (Å²) >= 11 is 4.30. The Labute approximate surface area is 131 Å². The monoisotopic (exact) mass is 318 g/mol. The van der Waals surface area contributed by atoms with Gasteiger partial charge in [-0.3, -0.25) is 19.4 Å². The van der Waals surface area contributed by atoms with Crippen LogP contribution in [0.2, 0.25) is 0 Å². The maximum absolute atomic E-state index is 12.2. The highest BCUT2D eigenvalue weighted by Gasteiger charge is 2.13. The lowest BCUT2D eigenvalue weighted by molar-refractivity contribution is -0.124. The van der Waals surface area contributed by atoms with Crippen LogP contribution in [0.1, 0.15) is 10.4 Å². The lowest BCUT2D eigenvalue weighted by Gasteiger charge is -2.09. The molecule has 0 fully saturated rings. The summed E-state index contributed by atoms with van der Waals surface area (Å²) in [6.07, 6.45) is 1.61. The lowest BCUT2D eigenvalue weighted by atomic mass is 10.1. The number of nitrogens with two attached hydrogens (primary N) is 1. The van der Waals surface area contributed by atoms with Crippen LogP contribution in [-0.4, -0.2) is 35.8 Å². The van der Waals surface area contributed by atoms with Crippen molar-refractivity contribution in [2.24, 2.45) is 5.73 Å². The van der Waals surface area contributed by atoms with Gasteiger partial charge in [0.2, 0.25) is 11.8 Å². The third-order valence-electron chi connectivity index (χ3n) is 2.86. The number of nitrogens with one attached hydrogen (secondary N) is 2. The van der Waals surface area contributed by atoms with Crippen molar-refractivity contribution in [1.29, 1.82) is 0 Å². The van der Waals surface area contributed by atoms with Crippen molar-refractivity contribution >= 4 is 41.3 Å². The normalized spacial score (nSPS) is 10.2. The minimum atomic E-state index is -0.652. The predicted molar refractivity (Wildman–Crippen MR) is 83.5 cm³/mol. The molecule has 0 aliphatic heterocycles. The van der Waals surface area contributed by atoms with Gasteiger partial charge in [-0.25, -0.2) is 0 Å². The Hall–Kier alpha value is -2.61. The van der Waals surface area contributed by atoms with E-state index in [9.17, 15) is 14.4 Å². The van der Waals surface area contributed by atoms with E-state index >= 15 is 0 Å².